The van der Waals surface area contributed by atoms with Gasteiger partial charge < -0.3 is 4.74 Å². The van der Waals surface area contributed by atoms with Gasteiger partial charge in [0.05, 0.1) is 26.5 Å². The number of nitrogens with zero attached hydrogens (tertiary/aromatic N) is 1. The molecule has 154 valence electrons. The Kier molecular flexibility index (Phi) is 5.25. The van der Waals surface area contributed by atoms with E-state index in [9.17, 15) is 26.0 Å². The summed E-state index contributed by atoms with van der Waals surface area (Å²) in [5.41, 5.74) is -0.0762. The van der Waals surface area contributed by atoms with E-state index < -0.39 is 27.6 Å². The van der Waals surface area contributed by atoms with Crippen molar-refractivity contribution in [1.29, 1.82) is 0 Å². The van der Waals surface area contributed by atoms with Gasteiger partial charge in [-0.2, -0.15) is 8.78 Å². The summed E-state index contributed by atoms with van der Waals surface area (Å²) < 4.78 is 83.3. The summed E-state index contributed by atoms with van der Waals surface area (Å²) in [6.07, 6.45) is -2.59. The zero-order valence-corrected chi connectivity index (χ0v) is 16.9. The van der Waals surface area contributed by atoms with Crippen molar-refractivity contribution < 1.29 is 30.7 Å². The molecule has 1 heterocycles. The van der Waals surface area contributed by atoms with E-state index in [1.807, 2.05) is 0 Å². The van der Waals surface area contributed by atoms with Gasteiger partial charge in [0, 0.05) is 30.9 Å². The Labute approximate surface area is 169 Å². The maximum atomic E-state index is 14.2. The Hall–Kier alpha value is -2.39. The van der Waals surface area contributed by atoms with Crippen molar-refractivity contribution in [3.05, 3.63) is 52.6 Å². The Balaban J connectivity index is 2.38. The molecule has 0 saturated heterocycles. The zero-order chi connectivity index (χ0) is 21.7. The molecule has 3 rings (SSSR count). The third-order valence-electron chi connectivity index (χ3n) is 4.07. The van der Waals surface area contributed by atoms with E-state index in [4.69, 9.17) is 11.6 Å². The molecule has 0 radical (unpaired) electrons. The van der Waals surface area contributed by atoms with Crippen LogP contribution >= 0.6 is 11.6 Å². The molecule has 29 heavy (non-hydrogen) atoms. The van der Waals surface area contributed by atoms with Gasteiger partial charge in [-0.15, -0.1) is 0 Å². The smallest absolute Gasteiger partial charge is 0.394 e. The monoisotopic (exact) mass is 447 g/mol. The van der Waals surface area contributed by atoms with Crippen LogP contribution in [-0.2, 0) is 9.84 Å². The summed E-state index contributed by atoms with van der Waals surface area (Å²) in [6, 6.07) is 4.83. The molecule has 0 spiro atoms. The molecule has 3 aromatic rings. The molecule has 1 aromatic heterocycles. The van der Waals surface area contributed by atoms with Crippen LogP contribution in [0.2, 0.25) is 5.02 Å². The summed E-state index contributed by atoms with van der Waals surface area (Å²) in [5, 5.41) is -0.239. The number of alkyl halides is 2. The predicted octanol–water partition coefficient (Wildman–Crippen LogP) is 5.54. The lowest BCUT2D eigenvalue weighted by Gasteiger charge is -2.17. The number of rotatable bonds is 4. The fraction of sp³-hybridized carbons (Fsp3) is 0.211. The molecule has 0 aliphatic rings. The first-order valence-corrected chi connectivity index (χ1v) is 10.4. The summed E-state index contributed by atoms with van der Waals surface area (Å²) in [5.74, 6) is -2.15. The minimum Gasteiger partial charge on any atom is -0.433 e. The van der Waals surface area contributed by atoms with Gasteiger partial charge in [0.2, 0.25) is 0 Å². The maximum absolute atomic E-state index is 14.2. The number of ether oxygens (including phenoxy) is 1. The molecule has 0 fully saturated rings. The lowest BCUT2D eigenvalue weighted by atomic mass is 10.0. The largest absolute Gasteiger partial charge is 0.433 e. The van der Waals surface area contributed by atoms with Crippen LogP contribution in [-0.4, -0.2) is 25.8 Å². The number of halogens is 5. The van der Waals surface area contributed by atoms with Crippen LogP contribution in [0.25, 0.3) is 22.2 Å². The average Bonchev–Trinajstić information content (AvgIpc) is 2.54. The van der Waals surface area contributed by atoms with Crippen LogP contribution in [0.15, 0.2) is 35.2 Å². The quantitative estimate of drug-likeness (QED) is 0.493. The van der Waals surface area contributed by atoms with Crippen LogP contribution in [0.4, 0.5) is 17.6 Å². The van der Waals surface area contributed by atoms with Crippen LogP contribution in [0.3, 0.4) is 0 Å². The van der Waals surface area contributed by atoms with E-state index in [0.717, 1.165) is 30.5 Å². The Morgan fingerprint density at radius 1 is 1.14 bits per heavy atom. The molecular formula is C19H14ClF4NO3S. The van der Waals surface area contributed by atoms with Gasteiger partial charge in [-0.25, -0.2) is 22.2 Å². The molecule has 0 aliphatic carbocycles. The van der Waals surface area contributed by atoms with E-state index in [2.05, 4.69) is 9.72 Å². The number of benzene rings is 2. The van der Waals surface area contributed by atoms with Crippen molar-refractivity contribution in [2.75, 3.05) is 6.26 Å². The van der Waals surface area contributed by atoms with Gasteiger partial charge in [-0.05, 0) is 30.7 Å². The highest BCUT2D eigenvalue weighted by atomic mass is 35.5. The van der Waals surface area contributed by atoms with Crippen molar-refractivity contribution in [2.24, 2.45) is 0 Å². The minimum atomic E-state index is -3.82. The van der Waals surface area contributed by atoms with Gasteiger partial charge in [0.25, 0.3) is 0 Å². The van der Waals surface area contributed by atoms with E-state index in [0.29, 0.717) is 13.0 Å². The predicted molar refractivity (Wildman–Crippen MR) is 101 cm³/mol. The highest BCUT2D eigenvalue weighted by Crippen LogP contribution is 2.39. The van der Waals surface area contributed by atoms with Gasteiger partial charge in [-0.3, -0.25) is 0 Å². The van der Waals surface area contributed by atoms with Crippen LogP contribution in [0.5, 0.6) is 5.75 Å². The fourth-order valence-electron chi connectivity index (χ4n) is 2.91. The fourth-order valence-corrected chi connectivity index (χ4v) is 4.06. The highest BCUT2D eigenvalue weighted by molar-refractivity contribution is 7.90. The van der Waals surface area contributed by atoms with Crippen molar-refractivity contribution in [2.45, 2.75) is 24.9 Å². The van der Waals surface area contributed by atoms with E-state index >= 15 is 0 Å². The number of fused-ring (bicyclic) bond motifs is 1. The third-order valence-corrected chi connectivity index (χ3v) is 5.70. The number of aromatic nitrogens is 1. The molecule has 0 amide bonds. The highest BCUT2D eigenvalue weighted by Gasteiger charge is 2.26. The molecule has 0 N–H and O–H groups in total. The maximum Gasteiger partial charge on any atom is 0.394 e. The standard InChI is InChI=1S/C19H14ClF4NO3S/c1-9-17(20)16-13(22)6-10(21)7-14(16)25-18(9)12-8-11(28-19(2,23)24)4-5-15(12)29(3,26)27/h4-8H,1-3H3. The number of hydrogen-bond acceptors (Lipinski definition) is 4. The Morgan fingerprint density at radius 2 is 1.79 bits per heavy atom. The van der Waals surface area contributed by atoms with Gasteiger partial charge >= 0.3 is 6.11 Å². The molecule has 0 aliphatic heterocycles. The Morgan fingerprint density at radius 3 is 2.38 bits per heavy atom. The van der Waals surface area contributed by atoms with Crippen molar-refractivity contribution in [3.8, 4) is 17.0 Å². The molecule has 10 heteroatoms. The number of hydrogen-bond donors (Lipinski definition) is 0. The third kappa shape index (κ3) is 4.30. The SMILES string of the molecule is Cc1c(-c2cc(OC(C)(F)F)ccc2S(C)(=O)=O)nc2cc(F)cc(F)c2c1Cl. The molecule has 0 bridgehead atoms. The first-order valence-electron chi connectivity index (χ1n) is 8.14. The number of pyridine rings is 1. The minimum absolute atomic E-state index is 0.0298. The summed E-state index contributed by atoms with van der Waals surface area (Å²) in [4.78, 5) is 3.94. The van der Waals surface area contributed by atoms with E-state index in [1.54, 1.807) is 0 Å². The molecule has 0 unspecified atom stereocenters. The zero-order valence-electron chi connectivity index (χ0n) is 15.4. The summed E-state index contributed by atoms with van der Waals surface area (Å²) in [7, 11) is -3.82. The van der Waals surface area contributed by atoms with Crippen LogP contribution in [0.1, 0.15) is 12.5 Å². The molecular weight excluding hydrogens is 434 g/mol. The first-order chi connectivity index (χ1) is 13.3. The normalized spacial score (nSPS) is 12.4. The van der Waals surface area contributed by atoms with Crippen molar-refractivity contribution >= 4 is 32.3 Å². The Bertz CT molecular complexity index is 1240. The second kappa shape index (κ2) is 7.14. The molecule has 0 atom stereocenters. The number of sulfone groups is 1. The summed E-state index contributed by atoms with van der Waals surface area (Å²) in [6.45, 7) is 1.99. The second-order valence-electron chi connectivity index (χ2n) is 6.52. The van der Waals surface area contributed by atoms with Gasteiger partial charge in [0.1, 0.15) is 17.4 Å². The van der Waals surface area contributed by atoms with Crippen LogP contribution in [0, 0.1) is 18.6 Å². The molecule has 0 saturated carbocycles. The summed E-state index contributed by atoms with van der Waals surface area (Å²) >= 11 is 6.25. The average molecular weight is 448 g/mol. The molecule has 2 aromatic carbocycles. The van der Waals surface area contributed by atoms with Gasteiger partial charge in [0.15, 0.2) is 9.84 Å². The van der Waals surface area contributed by atoms with Crippen LogP contribution < -0.4 is 4.74 Å². The van der Waals surface area contributed by atoms with Crippen molar-refractivity contribution in [1.82, 2.24) is 4.98 Å². The van der Waals surface area contributed by atoms with Gasteiger partial charge in [-0.1, -0.05) is 11.6 Å². The lowest BCUT2D eigenvalue weighted by molar-refractivity contribution is -0.158. The van der Waals surface area contributed by atoms with E-state index in [1.165, 1.54) is 6.92 Å². The molecule has 4 nitrogen and oxygen atoms in total. The topological polar surface area (TPSA) is 56.3 Å². The first kappa shape index (κ1) is 21.3. The van der Waals surface area contributed by atoms with E-state index in [-0.39, 0.29) is 43.4 Å². The lowest BCUT2D eigenvalue weighted by Crippen LogP contribution is -2.19. The second-order valence-corrected chi connectivity index (χ2v) is 8.88. The van der Waals surface area contributed by atoms with Crippen molar-refractivity contribution in [3.63, 3.8) is 0 Å².